The maximum Gasteiger partial charge on any atom is 0.312 e. The van der Waals surface area contributed by atoms with Crippen LogP contribution in [0.2, 0.25) is 0 Å². The van der Waals surface area contributed by atoms with Gasteiger partial charge in [0, 0.05) is 18.5 Å². The number of hydrogen-bond acceptors (Lipinski definition) is 6. The zero-order valence-electron chi connectivity index (χ0n) is 18.4. The van der Waals surface area contributed by atoms with Crippen molar-refractivity contribution in [2.24, 2.45) is 5.92 Å². The Kier molecular flexibility index (Phi) is 7.84. The molecular formula is C25H25N3O4S. The van der Waals surface area contributed by atoms with Gasteiger partial charge in [-0.1, -0.05) is 61.5 Å². The first kappa shape index (κ1) is 24.0. The highest BCUT2D eigenvalue weighted by Gasteiger charge is 2.26. The quantitative estimate of drug-likeness (QED) is 0.387. The number of carbonyl (C=O) groups excluding carboxylic acids is 2. The summed E-state index contributed by atoms with van der Waals surface area (Å²) in [7, 11) is 0. The maximum atomic E-state index is 12.7. The van der Waals surface area contributed by atoms with E-state index in [9.17, 15) is 14.4 Å². The van der Waals surface area contributed by atoms with Gasteiger partial charge in [0.05, 0.1) is 11.4 Å². The molecule has 0 saturated carbocycles. The molecule has 0 fully saturated rings. The highest BCUT2D eigenvalue weighted by atomic mass is 32.1. The standard InChI is InChI=1S/C25H25N3O4S/c1-3-19(25(31)32)21(26)20(29)13-16-8-7-9-17(12-16)14-27-23(30)22-15(2)28-24(33-22)18-10-5-4-6-11-18/h4-12,19,26H,3,13-14H2,1-2H3,(H,27,30)(H,31,32)/t19-/m1/s1. The van der Waals surface area contributed by atoms with Crippen LogP contribution in [-0.2, 0) is 22.6 Å². The van der Waals surface area contributed by atoms with Crippen LogP contribution in [0.25, 0.3) is 10.6 Å². The molecule has 0 saturated heterocycles. The van der Waals surface area contributed by atoms with Gasteiger partial charge in [0.2, 0.25) is 0 Å². The zero-order chi connectivity index (χ0) is 24.0. The predicted octanol–water partition coefficient (Wildman–Crippen LogP) is 4.29. The lowest BCUT2D eigenvalue weighted by Gasteiger charge is -2.11. The maximum absolute atomic E-state index is 12.7. The molecule has 0 aliphatic rings. The number of aryl methyl sites for hydroxylation is 1. The molecule has 0 aliphatic heterocycles. The van der Waals surface area contributed by atoms with Gasteiger partial charge in [0.1, 0.15) is 15.8 Å². The van der Waals surface area contributed by atoms with Crippen molar-refractivity contribution < 1.29 is 19.5 Å². The lowest BCUT2D eigenvalue weighted by atomic mass is 9.93. The van der Waals surface area contributed by atoms with Crippen molar-refractivity contribution in [1.29, 1.82) is 5.41 Å². The normalized spacial score (nSPS) is 11.6. The Morgan fingerprint density at radius 2 is 1.79 bits per heavy atom. The second-order valence-electron chi connectivity index (χ2n) is 7.61. The number of Topliss-reactive ketones (excluding diaryl/α,β-unsaturated/α-hetero) is 1. The van der Waals surface area contributed by atoms with Gasteiger partial charge < -0.3 is 15.8 Å². The molecule has 0 aliphatic carbocycles. The molecule has 3 rings (SSSR count). The number of ketones is 1. The predicted molar refractivity (Wildman–Crippen MR) is 128 cm³/mol. The number of aromatic nitrogens is 1. The number of carboxylic acids is 1. The Labute approximate surface area is 196 Å². The van der Waals surface area contributed by atoms with E-state index in [4.69, 9.17) is 10.5 Å². The third-order valence-corrected chi connectivity index (χ3v) is 6.39. The topological polar surface area (TPSA) is 120 Å². The van der Waals surface area contributed by atoms with E-state index in [-0.39, 0.29) is 25.3 Å². The third kappa shape index (κ3) is 5.98. The number of hydrogen-bond donors (Lipinski definition) is 3. The number of thiazole rings is 1. The number of carbonyl (C=O) groups is 3. The number of benzene rings is 2. The van der Waals surface area contributed by atoms with Crippen molar-refractivity contribution in [3.8, 4) is 10.6 Å². The summed E-state index contributed by atoms with van der Waals surface area (Å²) in [5, 5.41) is 20.8. The minimum Gasteiger partial charge on any atom is -0.481 e. The summed E-state index contributed by atoms with van der Waals surface area (Å²) in [6.45, 7) is 3.71. The Balaban J connectivity index is 1.64. The Bertz CT molecular complexity index is 1190. The van der Waals surface area contributed by atoms with Crippen LogP contribution >= 0.6 is 11.3 Å². The SMILES string of the molecule is CC[C@H](C(=N)C(=O)Cc1cccc(CNC(=O)c2sc(-c3ccccc3)nc2C)c1)C(=O)O. The fourth-order valence-electron chi connectivity index (χ4n) is 3.40. The van der Waals surface area contributed by atoms with Gasteiger partial charge in [-0.2, -0.15) is 0 Å². The average molecular weight is 464 g/mol. The molecular weight excluding hydrogens is 438 g/mol. The summed E-state index contributed by atoms with van der Waals surface area (Å²) in [6.07, 6.45) is 0.133. The molecule has 33 heavy (non-hydrogen) atoms. The number of nitrogens with one attached hydrogen (secondary N) is 2. The van der Waals surface area contributed by atoms with Gasteiger partial charge in [-0.25, -0.2) is 4.98 Å². The van der Waals surface area contributed by atoms with Crippen molar-refractivity contribution in [2.75, 3.05) is 0 Å². The smallest absolute Gasteiger partial charge is 0.312 e. The van der Waals surface area contributed by atoms with Gasteiger partial charge in [0.15, 0.2) is 5.78 Å². The molecule has 8 heteroatoms. The summed E-state index contributed by atoms with van der Waals surface area (Å²) in [5.41, 5.74) is 2.70. The first-order valence-electron chi connectivity index (χ1n) is 10.5. The second-order valence-corrected chi connectivity index (χ2v) is 8.61. The van der Waals surface area contributed by atoms with E-state index >= 15 is 0 Å². The molecule has 170 valence electrons. The highest BCUT2D eigenvalue weighted by Crippen LogP contribution is 2.27. The molecule has 1 amide bonds. The minimum atomic E-state index is -1.17. The summed E-state index contributed by atoms with van der Waals surface area (Å²) < 4.78 is 0. The highest BCUT2D eigenvalue weighted by molar-refractivity contribution is 7.17. The first-order valence-corrected chi connectivity index (χ1v) is 11.3. The van der Waals surface area contributed by atoms with E-state index in [0.29, 0.717) is 16.1 Å². The Morgan fingerprint density at radius 3 is 2.45 bits per heavy atom. The van der Waals surface area contributed by atoms with Crippen molar-refractivity contribution in [3.05, 3.63) is 76.3 Å². The second kappa shape index (κ2) is 10.8. The van der Waals surface area contributed by atoms with Crippen LogP contribution in [0.15, 0.2) is 54.6 Å². The summed E-state index contributed by atoms with van der Waals surface area (Å²) >= 11 is 1.34. The minimum absolute atomic E-state index is 0.0568. The summed E-state index contributed by atoms with van der Waals surface area (Å²) in [4.78, 5) is 41.4. The monoisotopic (exact) mass is 463 g/mol. The van der Waals surface area contributed by atoms with Crippen LogP contribution in [0.1, 0.15) is 39.8 Å². The number of amides is 1. The molecule has 0 spiro atoms. The molecule has 0 unspecified atom stereocenters. The van der Waals surface area contributed by atoms with E-state index < -0.39 is 23.4 Å². The fourth-order valence-corrected chi connectivity index (χ4v) is 4.39. The van der Waals surface area contributed by atoms with Gasteiger partial charge in [-0.15, -0.1) is 11.3 Å². The van der Waals surface area contributed by atoms with Crippen molar-refractivity contribution in [2.45, 2.75) is 33.2 Å². The van der Waals surface area contributed by atoms with Crippen LogP contribution in [0.3, 0.4) is 0 Å². The lowest BCUT2D eigenvalue weighted by Crippen LogP contribution is -2.30. The lowest BCUT2D eigenvalue weighted by molar-refractivity contribution is -0.139. The van der Waals surface area contributed by atoms with Crippen molar-refractivity contribution in [1.82, 2.24) is 10.3 Å². The van der Waals surface area contributed by atoms with Gasteiger partial charge in [-0.3, -0.25) is 14.4 Å². The molecule has 3 N–H and O–H groups in total. The summed E-state index contributed by atoms with van der Waals surface area (Å²) in [6, 6.07) is 16.8. The first-order chi connectivity index (χ1) is 15.8. The van der Waals surface area contributed by atoms with Crippen molar-refractivity contribution in [3.63, 3.8) is 0 Å². The largest absolute Gasteiger partial charge is 0.481 e. The van der Waals surface area contributed by atoms with Crippen LogP contribution in [0.5, 0.6) is 0 Å². The molecule has 7 nitrogen and oxygen atoms in total. The molecule has 0 bridgehead atoms. The molecule has 1 heterocycles. The van der Waals surface area contributed by atoms with Gasteiger partial charge in [0.25, 0.3) is 5.91 Å². The van der Waals surface area contributed by atoms with E-state index in [1.165, 1.54) is 11.3 Å². The van der Waals surface area contributed by atoms with Crippen LogP contribution in [0, 0.1) is 18.3 Å². The van der Waals surface area contributed by atoms with E-state index in [1.807, 2.05) is 36.4 Å². The molecule has 1 aromatic heterocycles. The molecule has 0 radical (unpaired) electrons. The molecule has 3 aromatic rings. The van der Waals surface area contributed by atoms with E-state index in [1.54, 1.807) is 32.0 Å². The Hall–Kier alpha value is -3.65. The van der Waals surface area contributed by atoms with Crippen LogP contribution in [0.4, 0.5) is 0 Å². The van der Waals surface area contributed by atoms with Gasteiger partial charge >= 0.3 is 5.97 Å². The van der Waals surface area contributed by atoms with E-state index in [0.717, 1.165) is 16.1 Å². The molecule has 1 atom stereocenters. The van der Waals surface area contributed by atoms with Crippen LogP contribution < -0.4 is 5.32 Å². The number of carboxylic acid groups (broad SMARTS) is 1. The number of aliphatic carboxylic acids is 1. The van der Waals surface area contributed by atoms with Gasteiger partial charge in [-0.05, 0) is 24.5 Å². The van der Waals surface area contributed by atoms with E-state index in [2.05, 4.69) is 10.3 Å². The Morgan fingerprint density at radius 1 is 1.09 bits per heavy atom. The van der Waals surface area contributed by atoms with Crippen LogP contribution in [-0.4, -0.2) is 33.5 Å². The third-order valence-electron chi connectivity index (χ3n) is 5.19. The summed E-state index contributed by atoms with van der Waals surface area (Å²) in [5.74, 6) is -2.99. The zero-order valence-corrected chi connectivity index (χ0v) is 19.2. The molecule has 2 aromatic carbocycles. The van der Waals surface area contributed by atoms with Crippen molar-refractivity contribution >= 4 is 34.7 Å². The number of rotatable bonds is 10. The number of nitrogens with zero attached hydrogens (tertiary/aromatic N) is 1. The average Bonchev–Trinajstić information content (AvgIpc) is 3.20. The fraction of sp³-hybridized carbons (Fsp3) is 0.240.